The Morgan fingerprint density at radius 3 is 2.12 bits per heavy atom. The maximum Gasteiger partial charge on any atom is 0.407 e. The van der Waals surface area contributed by atoms with Crippen LogP contribution in [0.25, 0.3) is 26.3 Å². The summed E-state index contributed by atoms with van der Waals surface area (Å²) < 4.78 is 19.6. The van der Waals surface area contributed by atoms with E-state index in [2.05, 4.69) is 27.2 Å². The molecule has 0 aliphatic rings. The highest BCUT2D eigenvalue weighted by Crippen LogP contribution is 2.40. The molecule has 9 heteroatoms. The van der Waals surface area contributed by atoms with E-state index >= 15 is 0 Å². The minimum atomic E-state index is -0.502. The molecule has 2 N–H and O–H groups in total. The number of aromatic nitrogens is 1. The Balaban J connectivity index is 1.90. The van der Waals surface area contributed by atoms with Crippen molar-refractivity contribution in [2.24, 2.45) is 0 Å². The first-order valence-corrected chi connectivity index (χ1v) is 11.9. The smallest absolute Gasteiger partial charge is 0.407 e. The lowest BCUT2D eigenvalue weighted by Gasteiger charge is -2.12. The maximum atomic E-state index is 12.1. The third-order valence-corrected chi connectivity index (χ3v) is 6.54. The van der Waals surface area contributed by atoms with Crippen molar-refractivity contribution >= 4 is 38.6 Å². The van der Waals surface area contributed by atoms with Gasteiger partial charge in [0.1, 0.15) is 23.8 Å². The van der Waals surface area contributed by atoms with E-state index < -0.39 is 12.2 Å². The Morgan fingerprint density at radius 1 is 0.882 bits per heavy atom. The molecule has 0 aliphatic carbocycles. The molecule has 0 saturated carbocycles. The average Bonchev–Trinajstić information content (AvgIpc) is 3.36. The minimum Gasteiger partial charge on any atom is -0.497 e. The fourth-order valence-corrected chi connectivity index (χ4v) is 5.04. The summed E-state index contributed by atoms with van der Waals surface area (Å²) in [5, 5.41) is 5.31. The van der Waals surface area contributed by atoms with Crippen molar-refractivity contribution in [3.63, 3.8) is 0 Å². The Morgan fingerprint density at radius 2 is 1.50 bits per heavy atom. The number of carbonyl (C=O) groups is 2. The van der Waals surface area contributed by atoms with E-state index in [1.54, 1.807) is 18.4 Å². The van der Waals surface area contributed by atoms with Crippen LogP contribution in [0, 0.1) is 0 Å². The van der Waals surface area contributed by atoms with Crippen molar-refractivity contribution in [1.82, 2.24) is 15.0 Å². The Bertz CT molecular complexity index is 1310. The van der Waals surface area contributed by atoms with E-state index in [9.17, 15) is 9.59 Å². The number of thiazole rings is 1. The largest absolute Gasteiger partial charge is 0.497 e. The number of hydrogen-bond donors (Lipinski definition) is 2. The lowest BCUT2D eigenvalue weighted by atomic mass is 10.1. The van der Waals surface area contributed by atoms with Crippen molar-refractivity contribution in [1.29, 1.82) is 0 Å². The van der Waals surface area contributed by atoms with E-state index in [1.165, 1.54) is 0 Å². The van der Waals surface area contributed by atoms with Gasteiger partial charge in [-0.3, -0.25) is 4.40 Å². The van der Waals surface area contributed by atoms with Crippen molar-refractivity contribution < 1.29 is 23.8 Å². The molecular weight excluding hydrogens is 454 g/mol. The zero-order chi connectivity index (χ0) is 24.1. The number of hydrogen-bond acceptors (Lipinski definition) is 6. The highest BCUT2D eigenvalue weighted by molar-refractivity contribution is 7.24. The van der Waals surface area contributed by atoms with Crippen molar-refractivity contribution in [2.45, 2.75) is 27.1 Å². The quantitative estimate of drug-likeness (QED) is 0.355. The second-order valence-electron chi connectivity index (χ2n) is 7.46. The zero-order valence-electron chi connectivity index (χ0n) is 19.3. The summed E-state index contributed by atoms with van der Waals surface area (Å²) in [7, 11) is 1.62. The number of nitrogens with one attached hydrogen (secondary N) is 2. The standard InChI is InChI=1S/C25H27N3O5S/c1-4-26-24(29)32-14-18-19(15-33-25(30)27-5-2)23-28(20-8-6-7-9-21(20)34-23)22(18)16-10-12-17(31-3)13-11-16/h6-13H,4-5,14-15H2,1-3H3,(H,26,29)(H,27,30). The molecule has 2 amide bonds. The first-order valence-electron chi connectivity index (χ1n) is 11.1. The molecule has 8 nitrogen and oxygen atoms in total. The predicted octanol–water partition coefficient (Wildman–Crippen LogP) is 5.32. The van der Waals surface area contributed by atoms with Gasteiger partial charge >= 0.3 is 12.2 Å². The Labute approximate surface area is 201 Å². The number of nitrogens with zero attached hydrogens (tertiary/aromatic N) is 1. The summed E-state index contributed by atoms with van der Waals surface area (Å²) >= 11 is 1.61. The summed E-state index contributed by atoms with van der Waals surface area (Å²) in [5.74, 6) is 0.742. The number of fused-ring (bicyclic) bond motifs is 3. The second-order valence-corrected chi connectivity index (χ2v) is 8.49. The van der Waals surface area contributed by atoms with Crippen LogP contribution in [0.3, 0.4) is 0 Å². The van der Waals surface area contributed by atoms with Crippen LogP contribution in [0.1, 0.15) is 25.0 Å². The molecule has 0 unspecified atom stereocenters. The van der Waals surface area contributed by atoms with Crippen molar-refractivity contribution in [2.75, 3.05) is 20.2 Å². The van der Waals surface area contributed by atoms with Gasteiger partial charge in [0.25, 0.3) is 0 Å². The first kappa shape index (κ1) is 23.4. The number of rotatable bonds is 8. The van der Waals surface area contributed by atoms with E-state index in [4.69, 9.17) is 14.2 Å². The number of methoxy groups -OCH3 is 1. The molecule has 178 valence electrons. The fraction of sp³-hybridized carbons (Fsp3) is 0.280. The number of ether oxygens (including phenoxy) is 3. The predicted molar refractivity (Wildman–Crippen MR) is 132 cm³/mol. The van der Waals surface area contributed by atoms with Crippen LogP contribution in [-0.4, -0.2) is 36.8 Å². The van der Waals surface area contributed by atoms with Crippen LogP contribution in [0.5, 0.6) is 5.75 Å². The van der Waals surface area contributed by atoms with Crippen LogP contribution in [0.2, 0.25) is 0 Å². The Kier molecular flexibility index (Phi) is 7.22. The molecule has 4 aromatic rings. The van der Waals surface area contributed by atoms with Gasteiger partial charge in [-0.2, -0.15) is 0 Å². The molecule has 0 fully saturated rings. The molecular formula is C25H27N3O5S. The first-order chi connectivity index (χ1) is 16.6. The highest BCUT2D eigenvalue weighted by Gasteiger charge is 2.25. The third kappa shape index (κ3) is 4.65. The molecule has 0 atom stereocenters. The SMILES string of the molecule is CCNC(=O)OCc1c(COC(=O)NCC)c2sc3ccccc3n2c1-c1ccc(OC)cc1. The van der Waals surface area contributed by atoms with Gasteiger partial charge < -0.3 is 24.8 Å². The molecule has 4 rings (SSSR count). The topological polar surface area (TPSA) is 90.3 Å². The van der Waals surface area contributed by atoms with E-state index in [-0.39, 0.29) is 13.2 Å². The maximum absolute atomic E-state index is 12.1. The van der Waals surface area contributed by atoms with Crippen LogP contribution < -0.4 is 15.4 Å². The number of para-hydroxylation sites is 1. The molecule has 2 aromatic heterocycles. The summed E-state index contributed by atoms with van der Waals surface area (Å²) in [6, 6.07) is 15.8. The van der Waals surface area contributed by atoms with E-state index in [0.29, 0.717) is 13.1 Å². The van der Waals surface area contributed by atoms with Gasteiger partial charge in [0, 0.05) is 24.2 Å². The molecule has 0 radical (unpaired) electrons. The van der Waals surface area contributed by atoms with Crippen LogP contribution in [0.4, 0.5) is 9.59 Å². The number of alkyl carbamates (subject to hydrolysis) is 2. The summed E-state index contributed by atoms with van der Waals surface area (Å²) in [5.41, 5.74) is 4.43. The van der Waals surface area contributed by atoms with Crippen LogP contribution in [0.15, 0.2) is 48.5 Å². The molecule has 2 aromatic carbocycles. The monoisotopic (exact) mass is 481 g/mol. The number of amides is 2. The highest BCUT2D eigenvalue weighted by atomic mass is 32.1. The third-order valence-electron chi connectivity index (χ3n) is 5.35. The van der Waals surface area contributed by atoms with Crippen molar-refractivity contribution in [3.05, 3.63) is 59.7 Å². The van der Waals surface area contributed by atoms with E-state index in [0.717, 1.165) is 43.2 Å². The molecule has 34 heavy (non-hydrogen) atoms. The van der Waals surface area contributed by atoms with Gasteiger partial charge in [0.05, 0.1) is 23.0 Å². The molecule has 0 aliphatic heterocycles. The van der Waals surface area contributed by atoms with Gasteiger partial charge in [0.15, 0.2) is 0 Å². The average molecular weight is 482 g/mol. The van der Waals surface area contributed by atoms with Crippen LogP contribution >= 0.6 is 11.3 Å². The summed E-state index contributed by atoms with van der Waals surface area (Å²) in [4.78, 5) is 25.2. The lowest BCUT2D eigenvalue weighted by molar-refractivity contribution is 0.133. The number of benzene rings is 2. The van der Waals surface area contributed by atoms with Crippen LogP contribution in [-0.2, 0) is 22.7 Å². The molecule has 0 saturated heterocycles. The van der Waals surface area contributed by atoms with Gasteiger partial charge in [-0.25, -0.2) is 9.59 Å². The summed E-state index contributed by atoms with van der Waals surface area (Å²) in [6.07, 6.45) is -0.997. The number of carbonyl (C=O) groups excluding carboxylic acids is 2. The molecule has 0 spiro atoms. The van der Waals surface area contributed by atoms with Gasteiger partial charge in [0.2, 0.25) is 0 Å². The minimum absolute atomic E-state index is 0.0318. The van der Waals surface area contributed by atoms with Gasteiger partial charge in [-0.1, -0.05) is 12.1 Å². The molecule has 2 heterocycles. The lowest BCUT2D eigenvalue weighted by Crippen LogP contribution is -2.24. The molecule has 0 bridgehead atoms. The van der Waals surface area contributed by atoms with Gasteiger partial charge in [-0.15, -0.1) is 11.3 Å². The Hall–Kier alpha value is -3.72. The second kappa shape index (κ2) is 10.5. The van der Waals surface area contributed by atoms with E-state index in [1.807, 2.05) is 50.2 Å². The fourth-order valence-electron chi connectivity index (χ4n) is 3.84. The summed E-state index contributed by atoms with van der Waals surface area (Å²) in [6.45, 7) is 4.67. The zero-order valence-corrected chi connectivity index (χ0v) is 20.2. The normalized spacial score (nSPS) is 10.9. The van der Waals surface area contributed by atoms with Gasteiger partial charge in [-0.05, 0) is 55.8 Å². The van der Waals surface area contributed by atoms with Crippen molar-refractivity contribution in [3.8, 4) is 17.0 Å².